The molecule has 3 aliphatic heterocycles. The number of benzene rings is 2. The van der Waals surface area contributed by atoms with Gasteiger partial charge in [-0.1, -0.05) is 24.3 Å². The maximum absolute atomic E-state index is 16.0. The monoisotopic (exact) mass is 1120 g/mol. The molecule has 3 aliphatic rings. The van der Waals surface area contributed by atoms with Gasteiger partial charge >= 0.3 is 31.1 Å². The van der Waals surface area contributed by atoms with Gasteiger partial charge < -0.3 is 40.5 Å². The van der Waals surface area contributed by atoms with Crippen LogP contribution in [0.5, 0.6) is 0 Å². The summed E-state index contributed by atoms with van der Waals surface area (Å²) in [6, 6.07) is 6.68. The Bertz CT molecular complexity index is 2740. The summed E-state index contributed by atoms with van der Waals surface area (Å²) in [5, 5.41) is 31.2. The van der Waals surface area contributed by atoms with Crippen molar-refractivity contribution < 1.29 is 82.8 Å². The highest BCUT2D eigenvalue weighted by molar-refractivity contribution is 5.87. The van der Waals surface area contributed by atoms with Gasteiger partial charge in [-0.3, -0.25) is 19.9 Å². The van der Waals surface area contributed by atoms with Gasteiger partial charge in [-0.2, -0.15) is 40.2 Å². The van der Waals surface area contributed by atoms with Crippen LogP contribution in [-0.2, 0) is 32.0 Å². The van der Waals surface area contributed by atoms with E-state index < -0.39 is 115 Å². The molecule has 3 fully saturated rings. The van der Waals surface area contributed by atoms with Crippen molar-refractivity contribution in [3.63, 3.8) is 0 Å². The minimum atomic E-state index is -5.28. The zero-order valence-corrected chi connectivity index (χ0v) is 42.6. The molecule has 4 amide bonds. The molecule has 0 saturated carbocycles. The fourth-order valence-electron chi connectivity index (χ4n) is 9.69. The van der Waals surface area contributed by atoms with E-state index in [9.17, 15) is 64.5 Å². The molecule has 2 aromatic carbocycles. The SMILES string of the molecule is COC(=O)N[C@H](C(=O)N[C@@H](Cc1ccc(-c2ccc(N3CC4CCC(C3)N4C3COC3)nc2)cc1)[C@@H](O)CN(Cc1c(F)cc(-c2ccn(C(F)F)n2)cc1F)NC(=O)[C@@H](NC(=O)O)C(C)(C)C(F)(F)F)C(C)(C)C(F)(F)F. The van der Waals surface area contributed by atoms with Crippen LogP contribution in [0.4, 0.5) is 59.3 Å². The molecular formula is C50H58F10N10O8. The molecule has 6 N–H and O–H groups in total. The van der Waals surface area contributed by atoms with Gasteiger partial charge in [0.1, 0.15) is 29.5 Å². The van der Waals surface area contributed by atoms with Crippen molar-refractivity contribution in [1.29, 1.82) is 0 Å². The number of aliphatic hydroxyl groups is 1. The molecule has 4 aromatic rings. The summed E-state index contributed by atoms with van der Waals surface area (Å²) in [5.41, 5.74) is -4.29. The highest BCUT2D eigenvalue weighted by Gasteiger charge is 2.57. The van der Waals surface area contributed by atoms with Gasteiger partial charge in [0.25, 0.3) is 5.91 Å². The Morgan fingerprint density at radius 3 is 1.86 bits per heavy atom. The lowest BCUT2D eigenvalue weighted by molar-refractivity contribution is -0.221. The van der Waals surface area contributed by atoms with E-state index >= 15 is 8.78 Å². The number of alkyl halides is 8. The van der Waals surface area contributed by atoms with Crippen LogP contribution >= 0.6 is 0 Å². The number of carbonyl (C=O) groups excluding carboxylic acids is 3. The smallest absolute Gasteiger partial charge is 0.407 e. The number of rotatable bonds is 20. The molecule has 18 nitrogen and oxygen atoms in total. The Labute approximate surface area is 440 Å². The summed E-state index contributed by atoms with van der Waals surface area (Å²) in [7, 11) is 0.818. The van der Waals surface area contributed by atoms with Crippen LogP contribution in [-0.4, -0.2) is 154 Å². The molecular weight excluding hydrogens is 1060 g/mol. The van der Waals surface area contributed by atoms with Crippen LogP contribution in [0.1, 0.15) is 58.2 Å². The number of anilines is 1. The van der Waals surface area contributed by atoms with Crippen molar-refractivity contribution in [1.82, 2.24) is 46.0 Å². The lowest BCUT2D eigenvalue weighted by Gasteiger charge is -2.48. The van der Waals surface area contributed by atoms with E-state index in [1.807, 2.05) is 22.9 Å². The van der Waals surface area contributed by atoms with E-state index in [1.54, 1.807) is 18.3 Å². The van der Waals surface area contributed by atoms with E-state index in [0.717, 1.165) is 64.3 Å². The molecule has 78 heavy (non-hydrogen) atoms. The predicted molar refractivity (Wildman–Crippen MR) is 258 cm³/mol. The molecule has 0 aliphatic carbocycles. The Morgan fingerprint density at radius 1 is 0.795 bits per heavy atom. The molecule has 426 valence electrons. The maximum atomic E-state index is 16.0. The van der Waals surface area contributed by atoms with Crippen molar-refractivity contribution in [2.75, 3.05) is 44.9 Å². The number of carbonyl (C=O) groups is 4. The number of fused-ring (bicyclic) bond motifs is 2. The Kier molecular flexibility index (Phi) is 17.6. The first-order valence-corrected chi connectivity index (χ1v) is 24.5. The average Bonchev–Trinajstić information content (AvgIpc) is 4.01. The van der Waals surface area contributed by atoms with Crippen molar-refractivity contribution in [2.24, 2.45) is 10.8 Å². The molecule has 0 spiro atoms. The van der Waals surface area contributed by atoms with E-state index in [0.29, 0.717) is 79.7 Å². The molecule has 6 atom stereocenters. The number of methoxy groups -OCH3 is 1. The average molecular weight is 1120 g/mol. The van der Waals surface area contributed by atoms with Crippen molar-refractivity contribution in [2.45, 2.75) is 115 Å². The number of piperazine rings is 1. The number of aromatic nitrogens is 3. The first-order chi connectivity index (χ1) is 36.5. The number of nitrogens with zero attached hydrogens (tertiary/aromatic N) is 6. The third kappa shape index (κ3) is 13.0. The molecule has 5 heterocycles. The normalized spacial score (nSPS) is 19.0. The third-order valence-corrected chi connectivity index (χ3v) is 14.6. The van der Waals surface area contributed by atoms with Crippen LogP contribution in [0.15, 0.2) is 67.0 Å². The number of aliphatic hydroxyl groups excluding tert-OH is 1. The number of amides is 4. The largest absolute Gasteiger partial charge is 0.465 e. The number of halogens is 10. The second-order valence-corrected chi connectivity index (χ2v) is 20.5. The van der Waals surface area contributed by atoms with E-state index in [-0.39, 0.29) is 15.9 Å². The summed E-state index contributed by atoms with van der Waals surface area (Å²) < 4.78 is 155. The minimum Gasteiger partial charge on any atom is -0.465 e. The van der Waals surface area contributed by atoms with E-state index in [1.165, 1.54) is 17.4 Å². The molecule has 7 rings (SSSR count). The van der Waals surface area contributed by atoms with Crippen LogP contribution in [0.2, 0.25) is 0 Å². The summed E-state index contributed by atoms with van der Waals surface area (Å²) in [5.74, 6) is -5.41. The lowest BCUT2D eigenvalue weighted by atomic mass is 9.82. The number of hydrazine groups is 1. The summed E-state index contributed by atoms with van der Waals surface area (Å²) in [6.07, 6.45) is -12.0. The number of alkyl carbamates (subject to hydrolysis) is 1. The highest BCUT2D eigenvalue weighted by atomic mass is 19.4. The van der Waals surface area contributed by atoms with E-state index in [2.05, 4.69) is 25.0 Å². The van der Waals surface area contributed by atoms with Crippen LogP contribution < -0.4 is 26.3 Å². The molecule has 2 aromatic heterocycles. The first-order valence-electron chi connectivity index (χ1n) is 24.5. The van der Waals surface area contributed by atoms with Gasteiger partial charge in [-0.05, 0) is 88.4 Å². The quantitative estimate of drug-likeness (QED) is 0.0398. The molecule has 3 saturated heterocycles. The molecule has 2 bridgehead atoms. The standard InChI is InChI=1S/C50H58F10N10O8/c1-47(2,49(55,56)57)40(64-46(76)77-5)42(72)62-37(16-26-6-8-27(9-7-26)28-10-13-39(61-19-28)67-20-30-11-12-31(21-67)70(30)32-24-78-25-32)38(71)23-68(66-43(73)41(63-45(74)75)48(3,4)50(58,59)60)22-33-34(51)17-29(18-35(33)52)36-14-15-69(65-36)44(53)54/h6-10,13-15,17-19,30-32,37-38,40-41,44,63,71H,11-12,16,20-25H2,1-5H3,(H,62,72)(H,64,76)(H,66,73)(H,74,75)/t30?,31?,37-,38-,40+,41+/m0/s1. The zero-order chi connectivity index (χ0) is 57.2. The van der Waals surface area contributed by atoms with Gasteiger partial charge in [0.05, 0.1) is 55.0 Å². The highest BCUT2D eigenvalue weighted by Crippen LogP contribution is 2.42. The number of nitrogens with one attached hydrogen (secondary N) is 4. The van der Waals surface area contributed by atoms with Crippen molar-refractivity contribution in [3.05, 3.63) is 89.8 Å². The van der Waals surface area contributed by atoms with Gasteiger partial charge in [-0.25, -0.2) is 33.0 Å². The second kappa shape index (κ2) is 23.3. The van der Waals surface area contributed by atoms with Gasteiger partial charge in [0.2, 0.25) is 5.91 Å². The predicted octanol–water partition coefficient (Wildman–Crippen LogP) is 6.80. The summed E-state index contributed by atoms with van der Waals surface area (Å²) in [6.45, 7) is -0.262. The third-order valence-electron chi connectivity index (χ3n) is 14.6. The lowest BCUT2D eigenvalue weighted by Crippen LogP contribution is -2.63. The summed E-state index contributed by atoms with van der Waals surface area (Å²) >= 11 is 0. The number of pyridine rings is 1. The van der Waals surface area contributed by atoms with Crippen molar-refractivity contribution in [3.8, 4) is 22.4 Å². The Hall–Kier alpha value is -6.78. The van der Waals surface area contributed by atoms with E-state index in [4.69, 9.17) is 9.72 Å². The minimum absolute atomic E-state index is 0.191. The van der Waals surface area contributed by atoms with Crippen LogP contribution in [0.3, 0.4) is 0 Å². The Balaban J connectivity index is 1.20. The second-order valence-electron chi connectivity index (χ2n) is 20.5. The number of carboxylic acid groups (broad SMARTS) is 1. The maximum Gasteiger partial charge on any atom is 0.407 e. The number of hydrogen-bond donors (Lipinski definition) is 6. The molecule has 2 unspecified atom stereocenters. The molecule has 0 radical (unpaired) electrons. The number of ether oxygens (including phenoxy) is 2. The van der Waals surface area contributed by atoms with Gasteiger partial charge in [0, 0.05) is 67.3 Å². The van der Waals surface area contributed by atoms with Crippen molar-refractivity contribution >= 4 is 29.8 Å². The first kappa shape index (κ1) is 58.9. The molecule has 28 heteroatoms. The fourth-order valence-corrected chi connectivity index (χ4v) is 9.69. The fraction of sp³-hybridized carbons (Fsp3) is 0.520. The van der Waals surface area contributed by atoms with Gasteiger partial charge in [-0.15, -0.1) is 0 Å². The number of hydrogen-bond acceptors (Lipinski definition) is 12. The van der Waals surface area contributed by atoms with Gasteiger partial charge in [0.15, 0.2) is 0 Å². The zero-order valence-electron chi connectivity index (χ0n) is 42.6. The summed E-state index contributed by atoms with van der Waals surface area (Å²) in [4.78, 5) is 61.7. The van der Waals surface area contributed by atoms with Crippen LogP contribution in [0.25, 0.3) is 22.4 Å². The van der Waals surface area contributed by atoms with Crippen LogP contribution in [0, 0.1) is 22.5 Å². The topological polar surface area (TPSA) is 216 Å². The Morgan fingerprint density at radius 2 is 1.37 bits per heavy atom.